The summed E-state index contributed by atoms with van der Waals surface area (Å²) in [5.41, 5.74) is 0.483. The number of anilines is 1. The second-order valence-corrected chi connectivity index (χ2v) is 9.95. The molecule has 7 heteroatoms. The number of imide groups is 1. The fourth-order valence-corrected chi connectivity index (χ4v) is 6.35. The van der Waals surface area contributed by atoms with Gasteiger partial charge in [0.1, 0.15) is 0 Å². The van der Waals surface area contributed by atoms with Crippen LogP contribution in [0, 0.1) is 30.1 Å². The first kappa shape index (κ1) is 21.8. The Bertz CT molecular complexity index is 1430. The summed E-state index contributed by atoms with van der Waals surface area (Å²) in [5, 5.41) is 11.0. The van der Waals surface area contributed by atoms with Crippen LogP contribution in [-0.2, 0) is 14.3 Å². The van der Waals surface area contributed by atoms with Crippen LogP contribution in [0.3, 0.4) is 0 Å². The Morgan fingerprint density at radius 3 is 2.60 bits per heavy atom. The lowest BCUT2D eigenvalue weighted by atomic mass is 9.67. The summed E-state index contributed by atoms with van der Waals surface area (Å²) in [4.78, 5) is 33.4. The van der Waals surface area contributed by atoms with E-state index in [0.29, 0.717) is 36.6 Å². The van der Waals surface area contributed by atoms with Crippen molar-refractivity contribution < 1.29 is 19.1 Å². The highest BCUT2D eigenvalue weighted by Crippen LogP contribution is 2.62. The van der Waals surface area contributed by atoms with Gasteiger partial charge < -0.3 is 9.47 Å². The van der Waals surface area contributed by atoms with Gasteiger partial charge in [-0.25, -0.2) is 9.88 Å². The monoisotopic (exact) mass is 467 g/mol. The zero-order valence-electron chi connectivity index (χ0n) is 19.7. The standard InChI is InChI=1S/C28H25N3O4/c1-17-6-5-9-22(30-17)34-15-14-28-13-12-27(2,35-28)23-24(28)26(33)31(25(23)32)21-11-10-18(16-29)19-7-3-4-8-20(19)21/h3-11,23-24H,12-15H2,1-2H3/t23-,24+,27-,28-/m0/s1. The molecule has 35 heavy (non-hydrogen) atoms. The lowest BCUT2D eigenvalue weighted by Crippen LogP contribution is -2.43. The number of aryl methyl sites for hydroxylation is 1. The minimum atomic E-state index is -0.743. The van der Waals surface area contributed by atoms with E-state index in [2.05, 4.69) is 11.1 Å². The first-order valence-electron chi connectivity index (χ1n) is 11.9. The minimum Gasteiger partial charge on any atom is -0.478 e. The van der Waals surface area contributed by atoms with Crippen LogP contribution >= 0.6 is 0 Å². The van der Waals surface area contributed by atoms with Gasteiger partial charge in [-0.3, -0.25) is 9.59 Å². The summed E-state index contributed by atoms with van der Waals surface area (Å²) in [6.07, 6.45) is 1.93. The number of rotatable bonds is 5. The fourth-order valence-electron chi connectivity index (χ4n) is 6.35. The van der Waals surface area contributed by atoms with Gasteiger partial charge in [-0.2, -0.15) is 5.26 Å². The van der Waals surface area contributed by atoms with Crippen LogP contribution in [0.4, 0.5) is 5.69 Å². The topological polar surface area (TPSA) is 92.5 Å². The van der Waals surface area contributed by atoms with Gasteiger partial charge in [0.15, 0.2) is 0 Å². The van der Waals surface area contributed by atoms with Crippen molar-refractivity contribution in [2.24, 2.45) is 11.8 Å². The molecular formula is C28H25N3O4. The summed E-state index contributed by atoms with van der Waals surface area (Å²) >= 11 is 0. The van der Waals surface area contributed by atoms with Crippen molar-refractivity contribution in [1.29, 1.82) is 5.26 Å². The number of amides is 2. The molecule has 3 aliphatic rings. The SMILES string of the molecule is Cc1cccc(OCC[C@]23CC[C@](C)(O2)[C@@H]2C(=O)N(c4ccc(C#N)c5ccccc45)C(=O)[C@@H]23)n1. The third kappa shape index (κ3) is 3.10. The fraction of sp³-hybridized carbons (Fsp3) is 0.357. The quantitative estimate of drug-likeness (QED) is 0.519. The molecule has 2 bridgehead atoms. The maximum absolute atomic E-state index is 13.9. The van der Waals surface area contributed by atoms with Crippen molar-refractivity contribution in [3.63, 3.8) is 0 Å². The zero-order valence-corrected chi connectivity index (χ0v) is 19.7. The van der Waals surface area contributed by atoms with E-state index >= 15 is 0 Å². The van der Waals surface area contributed by atoms with Crippen molar-refractivity contribution in [2.45, 2.75) is 44.3 Å². The molecule has 0 saturated carbocycles. The Labute approximate surface area is 203 Å². The van der Waals surface area contributed by atoms with Gasteiger partial charge in [0.2, 0.25) is 17.7 Å². The molecular weight excluding hydrogens is 442 g/mol. The van der Waals surface area contributed by atoms with Gasteiger partial charge in [0.05, 0.1) is 47.0 Å². The summed E-state index contributed by atoms with van der Waals surface area (Å²) < 4.78 is 12.4. The lowest BCUT2D eigenvalue weighted by molar-refractivity contribution is -0.131. The van der Waals surface area contributed by atoms with Crippen LogP contribution in [0.5, 0.6) is 5.88 Å². The molecule has 0 N–H and O–H groups in total. The lowest BCUT2D eigenvalue weighted by Gasteiger charge is -2.31. The molecule has 2 amide bonds. The molecule has 0 radical (unpaired) electrons. The third-order valence-electron chi connectivity index (χ3n) is 7.91. The Morgan fingerprint density at radius 2 is 1.83 bits per heavy atom. The van der Waals surface area contributed by atoms with Crippen LogP contribution in [-0.4, -0.2) is 34.6 Å². The van der Waals surface area contributed by atoms with E-state index in [1.165, 1.54) is 4.90 Å². The Hall–Kier alpha value is -3.76. The van der Waals surface area contributed by atoms with E-state index < -0.39 is 23.0 Å². The molecule has 3 aliphatic heterocycles. The second kappa shape index (κ2) is 7.62. The number of ether oxygens (including phenoxy) is 2. The predicted molar refractivity (Wildman–Crippen MR) is 129 cm³/mol. The van der Waals surface area contributed by atoms with Gasteiger partial charge in [0.25, 0.3) is 0 Å². The number of hydrogen-bond donors (Lipinski definition) is 0. The molecule has 3 aromatic rings. The maximum Gasteiger partial charge on any atom is 0.240 e. The highest BCUT2D eigenvalue weighted by molar-refractivity contribution is 6.26. The van der Waals surface area contributed by atoms with Gasteiger partial charge in [0, 0.05) is 29.0 Å². The van der Waals surface area contributed by atoms with E-state index in [0.717, 1.165) is 22.9 Å². The Kier molecular flexibility index (Phi) is 4.74. The highest BCUT2D eigenvalue weighted by Gasteiger charge is 2.73. The summed E-state index contributed by atoms with van der Waals surface area (Å²) in [7, 11) is 0. The first-order valence-corrected chi connectivity index (χ1v) is 11.9. The van der Waals surface area contributed by atoms with Crippen LogP contribution in [0.15, 0.2) is 54.6 Å². The summed E-state index contributed by atoms with van der Waals surface area (Å²) in [5.74, 6) is -1.00. The van der Waals surface area contributed by atoms with E-state index in [-0.39, 0.29) is 11.8 Å². The number of pyridine rings is 1. The molecule has 0 spiro atoms. The molecule has 4 atom stereocenters. The number of carbonyl (C=O) groups excluding carboxylic acids is 2. The number of nitrogens with zero attached hydrogens (tertiary/aromatic N) is 3. The van der Waals surface area contributed by atoms with Gasteiger partial charge in [-0.15, -0.1) is 0 Å². The van der Waals surface area contributed by atoms with Gasteiger partial charge in [-0.05, 0) is 44.9 Å². The number of carbonyl (C=O) groups is 2. The molecule has 2 aromatic carbocycles. The number of fused-ring (bicyclic) bond motifs is 6. The first-order chi connectivity index (χ1) is 16.9. The van der Waals surface area contributed by atoms with Crippen LogP contribution < -0.4 is 9.64 Å². The number of benzene rings is 2. The van der Waals surface area contributed by atoms with Crippen molar-refractivity contribution in [3.05, 3.63) is 65.9 Å². The average molecular weight is 468 g/mol. The molecule has 0 unspecified atom stereocenters. The largest absolute Gasteiger partial charge is 0.478 e. The van der Waals surface area contributed by atoms with Gasteiger partial charge >= 0.3 is 0 Å². The molecule has 1 aromatic heterocycles. The third-order valence-corrected chi connectivity index (χ3v) is 7.91. The van der Waals surface area contributed by atoms with Crippen molar-refractivity contribution in [3.8, 4) is 11.9 Å². The van der Waals surface area contributed by atoms with E-state index in [1.807, 2.05) is 56.3 Å². The van der Waals surface area contributed by atoms with Crippen LogP contribution in [0.2, 0.25) is 0 Å². The normalized spacial score (nSPS) is 29.0. The molecule has 4 heterocycles. The molecule has 3 fully saturated rings. The Morgan fingerprint density at radius 1 is 1.06 bits per heavy atom. The molecule has 7 nitrogen and oxygen atoms in total. The zero-order chi connectivity index (χ0) is 24.4. The second-order valence-electron chi connectivity index (χ2n) is 9.95. The Balaban J connectivity index is 1.34. The van der Waals surface area contributed by atoms with Crippen LogP contribution in [0.25, 0.3) is 10.8 Å². The van der Waals surface area contributed by atoms with E-state index in [9.17, 15) is 14.9 Å². The smallest absolute Gasteiger partial charge is 0.240 e. The predicted octanol–water partition coefficient (Wildman–Crippen LogP) is 4.31. The number of nitriles is 1. The summed E-state index contributed by atoms with van der Waals surface area (Å²) in [6, 6.07) is 18.6. The molecule has 0 aliphatic carbocycles. The molecule has 176 valence electrons. The van der Waals surface area contributed by atoms with Crippen molar-refractivity contribution in [2.75, 3.05) is 11.5 Å². The summed E-state index contributed by atoms with van der Waals surface area (Å²) in [6.45, 7) is 4.20. The average Bonchev–Trinajstić information content (AvgIpc) is 3.43. The van der Waals surface area contributed by atoms with Gasteiger partial charge in [-0.1, -0.05) is 30.3 Å². The number of aromatic nitrogens is 1. The van der Waals surface area contributed by atoms with Crippen molar-refractivity contribution >= 4 is 28.3 Å². The molecule has 6 rings (SSSR count). The highest BCUT2D eigenvalue weighted by atomic mass is 16.5. The van der Waals surface area contributed by atoms with Crippen molar-refractivity contribution in [1.82, 2.24) is 4.98 Å². The maximum atomic E-state index is 13.9. The van der Waals surface area contributed by atoms with E-state index in [1.54, 1.807) is 12.1 Å². The van der Waals surface area contributed by atoms with Crippen LogP contribution in [0.1, 0.15) is 37.4 Å². The molecule has 3 saturated heterocycles. The van der Waals surface area contributed by atoms with E-state index in [4.69, 9.17) is 9.47 Å². The minimum absolute atomic E-state index is 0.222. The number of hydrogen-bond acceptors (Lipinski definition) is 6.